The fourth-order valence-electron chi connectivity index (χ4n) is 2.44. The number of halogens is 1. The number of thioether (sulfide) groups is 1. The van der Waals surface area contributed by atoms with E-state index in [1.165, 1.54) is 29.2 Å². The van der Waals surface area contributed by atoms with Gasteiger partial charge in [-0.25, -0.2) is 14.2 Å². The summed E-state index contributed by atoms with van der Waals surface area (Å²) in [5.74, 6) is 0.576. The molecular weight excluding hydrogens is 321 g/mol. The van der Waals surface area contributed by atoms with E-state index in [1.54, 1.807) is 12.3 Å². The highest BCUT2D eigenvalue weighted by molar-refractivity contribution is 7.99. The van der Waals surface area contributed by atoms with Crippen molar-refractivity contribution in [3.8, 4) is 0 Å². The van der Waals surface area contributed by atoms with Gasteiger partial charge in [0.05, 0.1) is 12.1 Å². The molecule has 0 aliphatic carbocycles. The molecule has 0 bridgehead atoms. The molecule has 0 radical (unpaired) electrons. The van der Waals surface area contributed by atoms with Gasteiger partial charge in [0.15, 0.2) is 0 Å². The van der Waals surface area contributed by atoms with Crippen molar-refractivity contribution in [2.75, 3.05) is 5.75 Å². The van der Waals surface area contributed by atoms with E-state index in [0.717, 1.165) is 22.7 Å². The van der Waals surface area contributed by atoms with Crippen LogP contribution in [0.4, 0.5) is 9.18 Å². The van der Waals surface area contributed by atoms with Gasteiger partial charge in [-0.1, -0.05) is 12.1 Å². The first kappa shape index (κ1) is 15.3. The van der Waals surface area contributed by atoms with Gasteiger partial charge in [0, 0.05) is 22.2 Å². The number of hydrogen-bond acceptors (Lipinski definition) is 4. The molecule has 0 saturated heterocycles. The van der Waals surface area contributed by atoms with Gasteiger partial charge in [-0.3, -0.25) is 0 Å². The number of fused-ring (bicyclic) bond motifs is 1. The molecular formula is C15H16FN3OS2. The topological polar surface area (TPSA) is 54.0 Å². The van der Waals surface area contributed by atoms with Crippen LogP contribution in [0.25, 0.3) is 0 Å². The number of nitrogens with zero attached hydrogens (tertiary/aromatic N) is 1. The van der Waals surface area contributed by atoms with Crippen LogP contribution < -0.4 is 10.6 Å². The van der Waals surface area contributed by atoms with Crippen molar-refractivity contribution in [2.24, 2.45) is 0 Å². The number of carbonyl (C=O) groups is 1. The average molecular weight is 337 g/mol. The van der Waals surface area contributed by atoms with E-state index in [0.29, 0.717) is 4.90 Å². The summed E-state index contributed by atoms with van der Waals surface area (Å²) in [5.41, 5.74) is 0.855. The van der Waals surface area contributed by atoms with E-state index in [2.05, 4.69) is 15.6 Å². The number of nitrogens with one attached hydrogen (secondary N) is 2. The van der Waals surface area contributed by atoms with Crippen LogP contribution in [0.2, 0.25) is 0 Å². The SMILES string of the molecule is CC(NC(=O)NC1CCSc2c(F)cccc21)c1nccs1. The number of aromatic nitrogens is 1. The van der Waals surface area contributed by atoms with Crippen LogP contribution in [-0.4, -0.2) is 16.8 Å². The zero-order valence-corrected chi connectivity index (χ0v) is 13.6. The Labute approximate surface area is 136 Å². The summed E-state index contributed by atoms with van der Waals surface area (Å²) in [6, 6.07) is 4.46. The van der Waals surface area contributed by atoms with Crippen LogP contribution in [0.5, 0.6) is 0 Å². The van der Waals surface area contributed by atoms with E-state index in [-0.39, 0.29) is 23.9 Å². The second kappa shape index (κ2) is 6.66. The summed E-state index contributed by atoms with van der Waals surface area (Å²) in [6.45, 7) is 1.89. The van der Waals surface area contributed by atoms with Gasteiger partial charge >= 0.3 is 6.03 Å². The van der Waals surface area contributed by atoms with Gasteiger partial charge in [0.25, 0.3) is 0 Å². The molecule has 1 aromatic carbocycles. The molecule has 2 aromatic rings. The minimum atomic E-state index is -0.255. The minimum Gasteiger partial charge on any atom is -0.331 e. The lowest BCUT2D eigenvalue weighted by molar-refractivity contribution is 0.233. The number of benzene rings is 1. The van der Waals surface area contributed by atoms with Crippen LogP contribution in [-0.2, 0) is 0 Å². The molecule has 2 unspecified atom stereocenters. The molecule has 0 spiro atoms. The molecule has 4 nitrogen and oxygen atoms in total. The highest BCUT2D eigenvalue weighted by atomic mass is 32.2. The molecule has 22 heavy (non-hydrogen) atoms. The molecule has 2 amide bonds. The predicted molar refractivity (Wildman–Crippen MR) is 86.7 cm³/mol. The quantitative estimate of drug-likeness (QED) is 0.894. The first-order chi connectivity index (χ1) is 10.6. The number of thiazole rings is 1. The second-order valence-corrected chi connectivity index (χ2v) is 7.09. The molecule has 2 atom stereocenters. The van der Waals surface area contributed by atoms with Gasteiger partial charge in [0.2, 0.25) is 0 Å². The third kappa shape index (κ3) is 3.25. The Morgan fingerprint density at radius 2 is 2.36 bits per heavy atom. The lowest BCUT2D eigenvalue weighted by Gasteiger charge is -2.26. The molecule has 7 heteroatoms. The summed E-state index contributed by atoms with van der Waals surface area (Å²) < 4.78 is 13.8. The Morgan fingerprint density at radius 1 is 1.50 bits per heavy atom. The Kier molecular flexibility index (Phi) is 4.63. The standard InChI is InChI=1S/C15H16FN3OS2/c1-9(14-17-6-8-22-14)18-15(20)19-12-5-7-21-13-10(12)3-2-4-11(13)16/h2-4,6,8-9,12H,5,7H2,1H3,(H2,18,19,20). The highest BCUT2D eigenvalue weighted by Gasteiger charge is 2.25. The van der Waals surface area contributed by atoms with E-state index >= 15 is 0 Å². The van der Waals surface area contributed by atoms with Crippen LogP contribution >= 0.6 is 23.1 Å². The Hall–Kier alpha value is -1.60. The number of hydrogen-bond donors (Lipinski definition) is 2. The third-order valence-electron chi connectivity index (χ3n) is 3.50. The largest absolute Gasteiger partial charge is 0.331 e. The summed E-state index contributed by atoms with van der Waals surface area (Å²) in [5, 5.41) is 8.55. The number of amides is 2. The summed E-state index contributed by atoms with van der Waals surface area (Å²) in [7, 11) is 0. The fraction of sp³-hybridized carbons (Fsp3) is 0.333. The van der Waals surface area contributed by atoms with Crippen molar-refractivity contribution in [3.63, 3.8) is 0 Å². The number of rotatable bonds is 3. The van der Waals surface area contributed by atoms with Crippen LogP contribution in [0.1, 0.15) is 36.0 Å². The molecule has 1 aliphatic rings. The van der Waals surface area contributed by atoms with Crippen molar-refractivity contribution in [1.29, 1.82) is 0 Å². The van der Waals surface area contributed by atoms with Crippen LogP contribution in [0.3, 0.4) is 0 Å². The first-order valence-electron chi connectivity index (χ1n) is 7.03. The molecule has 2 N–H and O–H groups in total. The molecule has 1 aliphatic heterocycles. The number of carbonyl (C=O) groups excluding carboxylic acids is 1. The number of urea groups is 1. The Balaban J connectivity index is 1.67. The van der Waals surface area contributed by atoms with Gasteiger partial charge in [-0.2, -0.15) is 0 Å². The van der Waals surface area contributed by atoms with Crippen LogP contribution in [0.15, 0.2) is 34.7 Å². The molecule has 2 heterocycles. The zero-order valence-electron chi connectivity index (χ0n) is 12.0. The molecule has 116 valence electrons. The predicted octanol–water partition coefficient (Wildman–Crippen LogP) is 3.88. The first-order valence-corrected chi connectivity index (χ1v) is 8.89. The molecule has 0 fully saturated rings. The second-order valence-electron chi connectivity index (χ2n) is 5.06. The normalized spacial score (nSPS) is 18.4. The highest BCUT2D eigenvalue weighted by Crippen LogP contribution is 2.37. The fourth-order valence-corrected chi connectivity index (χ4v) is 4.23. The lowest BCUT2D eigenvalue weighted by atomic mass is 10.0. The van der Waals surface area contributed by atoms with Gasteiger partial charge in [-0.15, -0.1) is 23.1 Å². The van der Waals surface area contributed by atoms with Crippen LogP contribution in [0, 0.1) is 5.82 Å². The van der Waals surface area contributed by atoms with Gasteiger partial charge in [-0.05, 0) is 25.0 Å². The minimum absolute atomic E-state index is 0.148. The van der Waals surface area contributed by atoms with Crippen molar-refractivity contribution in [2.45, 2.75) is 30.3 Å². The average Bonchev–Trinajstić information content (AvgIpc) is 3.02. The maximum Gasteiger partial charge on any atom is 0.315 e. The maximum atomic E-state index is 13.8. The van der Waals surface area contributed by atoms with Gasteiger partial charge in [0.1, 0.15) is 10.8 Å². The molecule has 3 rings (SSSR count). The Bertz CT molecular complexity index is 663. The van der Waals surface area contributed by atoms with E-state index in [1.807, 2.05) is 18.4 Å². The van der Waals surface area contributed by atoms with Gasteiger partial charge < -0.3 is 10.6 Å². The Morgan fingerprint density at radius 3 is 3.14 bits per heavy atom. The molecule has 0 saturated carbocycles. The summed E-state index contributed by atoms with van der Waals surface area (Å²) in [6.07, 6.45) is 2.51. The summed E-state index contributed by atoms with van der Waals surface area (Å²) >= 11 is 3.01. The zero-order chi connectivity index (χ0) is 15.5. The molecule has 1 aromatic heterocycles. The summed E-state index contributed by atoms with van der Waals surface area (Å²) in [4.78, 5) is 17.0. The third-order valence-corrected chi connectivity index (χ3v) is 5.62. The lowest BCUT2D eigenvalue weighted by Crippen LogP contribution is -2.40. The van der Waals surface area contributed by atoms with E-state index in [4.69, 9.17) is 0 Å². The smallest absolute Gasteiger partial charge is 0.315 e. The van der Waals surface area contributed by atoms with Crippen molar-refractivity contribution in [1.82, 2.24) is 15.6 Å². The van der Waals surface area contributed by atoms with Crippen molar-refractivity contribution >= 4 is 29.1 Å². The van der Waals surface area contributed by atoms with Crippen molar-refractivity contribution in [3.05, 3.63) is 46.2 Å². The maximum absolute atomic E-state index is 13.8. The van der Waals surface area contributed by atoms with E-state index in [9.17, 15) is 9.18 Å². The monoisotopic (exact) mass is 337 g/mol. The van der Waals surface area contributed by atoms with E-state index < -0.39 is 0 Å². The van der Waals surface area contributed by atoms with Crippen molar-refractivity contribution < 1.29 is 9.18 Å².